The van der Waals surface area contributed by atoms with Gasteiger partial charge in [0.05, 0.1) is 12.7 Å². The van der Waals surface area contributed by atoms with Gasteiger partial charge in [-0.25, -0.2) is 0 Å². The van der Waals surface area contributed by atoms with Crippen LogP contribution in [0.4, 0.5) is 5.69 Å². The average molecular weight is 219 g/mol. The first-order valence-corrected chi connectivity index (χ1v) is 4.70. The normalized spacial score (nSPS) is 11.6. The monoisotopic (exact) mass is 219 g/mol. The van der Waals surface area contributed by atoms with E-state index in [1.54, 1.807) is 18.2 Å². The number of nitrogens with two attached hydrogens (primary N) is 2. The van der Waals surface area contributed by atoms with Gasteiger partial charge in [-0.2, -0.15) is 5.26 Å². The molecule has 0 aliphatic carbocycles. The first-order chi connectivity index (χ1) is 7.58. The van der Waals surface area contributed by atoms with Gasteiger partial charge in [0.1, 0.15) is 12.1 Å². The van der Waals surface area contributed by atoms with Crippen LogP contribution in [0.5, 0.6) is 0 Å². The number of ether oxygens (including phenoxy) is 1. The molecule has 16 heavy (non-hydrogen) atoms. The Balaban J connectivity index is 2.83. The highest BCUT2D eigenvalue weighted by atomic mass is 16.5. The van der Waals surface area contributed by atoms with Crippen LogP contribution in [0.15, 0.2) is 18.2 Å². The Hall–Kier alpha value is -2.06. The van der Waals surface area contributed by atoms with Gasteiger partial charge in [-0.1, -0.05) is 6.07 Å². The van der Waals surface area contributed by atoms with Crippen molar-refractivity contribution in [3.05, 3.63) is 29.3 Å². The Morgan fingerprint density at radius 2 is 2.31 bits per heavy atom. The zero-order chi connectivity index (χ0) is 12.1. The summed E-state index contributed by atoms with van der Waals surface area (Å²) in [5.74, 6) is -0.477. The summed E-state index contributed by atoms with van der Waals surface area (Å²) in [6.45, 7) is 0. The SMILES string of the molecule is COC(=O)[C@@H](N)Cc1ccc(N)c(C#N)c1. The molecule has 0 fully saturated rings. The molecule has 1 atom stereocenters. The molecule has 5 nitrogen and oxygen atoms in total. The number of hydrogen-bond acceptors (Lipinski definition) is 5. The van der Waals surface area contributed by atoms with Crippen molar-refractivity contribution in [3.8, 4) is 6.07 Å². The van der Waals surface area contributed by atoms with Crippen molar-refractivity contribution in [2.75, 3.05) is 12.8 Å². The number of esters is 1. The van der Waals surface area contributed by atoms with Crippen molar-refractivity contribution in [2.45, 2.75) is 12.5 Å². The van der Waals surface area contributed by atoms with E-state index in [0.29, 0.717) is 17.7 Å². The van der Waals surface area contributed by atoms with Gasteiger partial charge in [0.2, 0.25) is 0 Å². The van der Waals surface area contributed by atoms with E-state index in [2.05, 4.69) is 4.74 Å². The molecule has 0 saturated heterocycles. The number of methoxy groups -OCH3 is 1. The van der Waals surface area contributed by atoms with Gasteiger partial charge in [-0.05, 0) is 24.1 Å². The molecular formula is C11H13N3O2. The highest BCUT2D eigenvalue weighted by Gasteiger charge is 2.14. The predicted molar refractivity (Wildman–Crippen MR) is 59.3 cm³/mol. The van der Waals surface area contributed by atoms with E-state index in [1.807, 2.05) is 6.07 Å². The third-order valence-electron chi connectivity index (χ3n) is 2.20. The molecule has 1 rings (SSSR count). The number of hydrogen-bond donors (Lipinski definition) is 2. The molecule has 1 aromatic carbocycles. The number of carbonyl (C=O) groups excluding carboxylic acids is 1. The Bertz CT molecular complexity index is 437. The van der Waals surface area contributed by atoms with Crippen LogP contribution in [0.3, 0.4) is 0 Å². The molecule has 0 radical (unpaired) electrons. The van der Waals surface area contributed by atoms with Gasteiger partial charge in [-0.3, -0.25) is 4.79 Å². The van der Waals surface area contributed by atoms with Gasteiger partial charge in [-0.15, -0.1) is 0 Å². The topological polar surface area (TPSA) is 102 Å². The second-order valence-corrected chi connectivity index (χ2v) is 3.37. The van der Waals surface area contributed by atoms with Crippen molar-refractivity contribution >= 4 is 11.7 Å². The van der Waals surface area contributed by atoms with E-state index in [9.17, 15) is 4.79 Å². The lowest BCUT2D eigenvalue weighted by atomic mass is 10.0. The van der Waals surface area contributed by atoms with Crippen molar-refractivity contribution in [1.29, 1.82) is 5.26 Å². The van der Waals surface area contributed by atoms with Crippen LogP contribution < -0.4 is 11.5 Å². The number of carbonyl (C=O) groups is 1. The van der Waals surface area contributed by atoms with Crippen LogP contribution >= 0.6 is 0 Å². The highest BCUT2D eigenvalue weighted by Crippen LogP contribution is 2.14. The van der Waals surface area contributed by atoms with Crippen LogP contribution in [0.2, 0.25) is 0 Å². The zero-order valence-electron chi connectivity index (χ0n) is 8.93. The number of anilines is 1. The molecule has 0 heterocycles. The van der Waals surface area contributed by atoms with Crippen LogP contribution in [-0.2, 0) is 16.0 Å². The molecule has 0 amide bonds. The lowest BCUT2D eigenvalue weighted by molar-refractivity contribution is -0.142. The summed E-state index contributed by atoms with van der Waals surface area (Å²) in [7, 11) is 1.28. The van der Waals surface area contributed by atoms with Crippen molar-refractivity contribution in [2.24, 2.45) is 5.73 Å². The molecule has 0 spiro atoms. The summed E-state index contributed by atoms with van der Waals surface area (Å²) in [4.78, 5) is 11.1. The summed E-state index contributed by atoms with van der Waals surface area (Å²) in [5.41, 5.74) is 12.8. The van der Waals surface area contributed by atoms with Gasteiger partial charge >= 0.3 is 5.97 Å². The van der Waals surface area contributed by atoms with Gasteiger partial charge in [0.15, 0.2) is 0 Å². The molecule has 0 aliphatic rings. The zero-order valence-corrected chi connectivity index (χ0v) is 8.93. The molecule has 84 valence electrons. The third-order valence-corrected chi connectivity index (χ3v) is 2.20. The number of nitriles is 1. The Kier molecular flexibility index (Phi) is 3.86. The van der Waals surface area contributed by atoms with Crippen LogP contribution in [0.25, 0.3) is 0 Å². The van der Waals surface area contributed by atoms with Crippen LogP contribution in [0.1, 0.15) is 11.1 Å². The van der Waals surface area contributed by atoms with E-state index in [4.69, 9.17) is 16.7 Å². The number of rotatable bonds is 3. The second-order valence-electron chi connectivity index (χ2n) is 3.37. The highest BCUT2D eigenvalue weighted by molar-refractivity contribution is 5.75. The maximum Gasteiger partial charge on any atom is 0.322 e. The molecule has 1 aromatic rings. The fraction of sp³-hybridized carbons (Fsp3) is 0.273. The van der Waals surface area contributed by atoms with Crippen molar-refractivity contribution in [1.82, 2.24) is 0 Å². The summed E-state index contributed by atoms with van der Waals surface area (Å²) >= 11 is 0. The summed E-state index contributed by atoms with van der Waals surface area (Å²) < 4.78 is 4.51. The second kappa shape index (κ2) is 5.14. The molecule has 0 aliphatic heterocycles. The van der Waals surface area contributed by atoms with Crippen LogP contribution in [-0.4, -0.2) is 19.1 Å². The van der Waals surface area contributed by atoms with E-state index < -0.39 is 12.0 Å². The molecule has 4 N–H and O–H groups in total. The number of nitrogens with zero attached hydrogens (tertiary/aromatic N) is 1. The lowest BCUT2D eigenvalue weighted by Crippen LogP contribution is -2.33. The van der Waals surface area contributed by atoms with Crippen molar-refractivity contribution < 1.29 is 9.53 Å². The van der Waals surface area contributed by atoms with Crippen molar-refractivity contribution in [3.63, 3.8) is 0 Å². The van der Waals surface area contributed by atoms with Gasteiger partial charge < -0.3 is 16.2 Å². The maximum atomic E-state index is 11.1. The molecule has 0 aromatic heterocycles. The average Bonchev–Trinajstić information content (AvgIpc) is 2.30. The number of benzene rings is 1. The minimum Gasteiger partial charge on any atom is -0.468 e. The minimum absolute atomic E-state index is 0.321. The van der Waals surface area contributed by atoms with Crippen LogP contribution in [0, 0.1) is 11.3 Å². The maximum absolute atomic E-state index is 11.1. The largest absolute Gasteiger partial charge is 0.468 e. The van der Waals surface area contributed by atoms with E-state index in [1.165, 1.54) is 7.11 Å². The van der Waals surface area contributed by atoms with Gasteiger partial charge in [0.25, 0.3) is 0 Å². The summed E-state index contributed by atoms with van der Waals surface area (Å²) in [6.07, 6.45) is 0.321. The number of nitrogen functional groups attached to an aromatic ring is 1. The Morgan fingerprint density at radius 1 is 1.62 bits per heavy atom. The predicted octanol–water partition coefficient (Wildman–Crippen LogP) is 0.183. The first-order valence-electron chi connectivity index (χ1n) is 4.70. The lowest BCUT2D eigenvalue weighted by Gasteiger charge is -2.09. The van der Waals surface area contributed by atoms with E-state index >= 15 is 0 Å². The fourth-order valence-electron chi connectivity index (χ4n) is 1.32. The molecule has 0 unspecified atom stereocenters. The smallest absolute Gasteiger partial charge is 0.322 e. The summed E-state index contributed by atoms with van der Waals surface area (Å²) in [5, 5.41) is 8.78. The first kappa shape index (κ1) is 12.0. The molecule has 0 bridgehead atoms. The third kappa shape index (κ3) is 2.72. The van der Waals surface area contributed by atoms with E-state index in [0.717, 1.165) is 5.56 Å². The fourth-order valence-corrected chi connectivity index (χ4v) is 1.32. The van der Waals surface area contributed by atoms with Gasteiger partial charge in [0, 0.05) is 5.69 Å². The minimum atomic E-state index is -0.722. The molecule has 5 heteroatoms. The quantitative estimate of drug-likeness (QED) is 0.557. The Labute approximate surface area is 93.6 Å². The summed E-state index contributed by atoms with van der Waals surface area (Å²) in [6, 6.07) is 6.23. The standard InChI is InChI=1S/C11H13N3O2/c1-16-11(15)10(14)5-7-2-3-9(13)8(4-7)6-12/h2-4,10H,5,13-14H2,1H3/t10-/m0/s1. The molecule has 0 saturated carbocycles. The Morgan fingerprint density at radius 3 is 2.88 bits per heavy atom. The van der Waals surface area contributed by atoms with E-state index in [-0.39, 0.29) is 0 Å². The molecular weight excluding hydrogens is 206 g/mol.